The number of benzene rings is 3. The predicted octanol–water partition coefficient (Wildman–Crippen LogP) is 6.19. The molecule has 0 N–H and O–H groups in total. The number of esters is 1. The van der Waals surface area contributed by atoms with Crippen molar-refractivity contribution in [1.82, 2.24) is 0 Å². The average molecular weight is 427 g/mol. The molecule has 2 aliphatic carbocycles. The Morgan fingerprint density at radius 1 is 0.906 bits per heavy atom. The fraction of sp³-hybridized carbons (Fsp3) is 0.345. The van der Waals surface area contributed by atoms with Crippen molar-refractivity contribution in [3.05, 3.63) is 101 Å². The lowest BCUT2D eigenvalue weighted by molar-refractivity contribution is -0.151. The van der Waals surface area contributed by atoms with Crippen LogP contribution in [0.2, 0.25) is 0 Å². The second-order valence-electron chi connectivity index (χ2n) is 9.24. The third-order valence-electron chi connectivity index (χ3n) is 7.16. The van der Waals surface area contributed by atoms with Gasteiger partial charge < -0.3 is 9.47 Å². The van der Waals surface area contributed by atoms with E-state index < -0.39 is 0 Å². The Balaban J connectivity index is 1.39. The van der Waals surface area contributed by atoms with Crippen LogP contribution in [-0.2, 0) is 16.0 Å². The first-order valence-electron chi connectivity index (χ1n) is 11.6. The van der Waals surface area contributed by atoms with Crippen molar-refractivity contribution in [2.75, 3.05) is 7.11 Å². The van der Waals surface area contributed by atoms with Crippen LogP contribution >= 0.6 is 0 Å². The van der Waals surface area contributed by atoms with Gasteiger partial charge in [-0.1, -0.05) is 66.2 Å². The minimum Gasteiger partial charge on any atom is -0.490 e. The standard InChI is InChI=1S/C29H30O3/c1-19-8-14-27-22(16-19)11-15-26(20-6-4-3-5-7-20)28(27)21-9-12-24(13-10-21)32-25-17-23(18-25)29(30)31-2/h3-10,12-14,16,23,25-26,28H,11,15,17-18H2,1-2H3/t23?,25?,26-,28+/m1/s1. The van der Waals surface area contributed by atoms with Crippen LogP contribution in [0.4, 0.5) is 0 Å². The molecule has 3 heteroatoms. The van der Waals surface area contributed by atoms with E-state index in [4.69, 9.17) is 9.47 Å². The zero-order chi connectivity index (χ0) is 22.1. The number of carbonyl (C=O) groups excluding carboxylic acids is 1. The molecule has 0 amide bonds. The number of hydrogen-bond acceptors (Lipinski definition) is 3. The van der Waals surface area contributed by atoms with Gasteiger partial charge in [0.1, 0.15) is 11.9 Å². The monoisotopic (exact) mass is 426 g/mol. The van der Waals surface area contributed by atoms with Crippen LogP contribution in [0.15, 0.2) is 72.8 Å². The van der Waals surface area contributed by atoms with E-state index in [1.165, 1.54) is 34.9 Å². The van der Waals surface area contributed by atoms with Gasteiger partial charge in [0.2, 0.25) is 0 Å². The van der Waals surface area contributed by atoms with Crippen LogP contribution in [0.3, 0.4) is 0 Å². The molecule has 3 nitrogen and oxygen atoms in total. The predicted molar refractivity (Wildman–Crippen MR) is 126 cm³/mol. The minimum absolute atomic E-state index is 0.0156. The molecule has 32 heavy (non-hydrogen) atoms. The van der Waals surface area contributed by atoms with Gasteiger partial charge in [-0.3, -0.25) is 4.79 Å². The summed E-state index contributed by atoms with van der Waals surface area (Å²) in [5.41, 5.74) is 7.00. The maximum atomic E-state index is 11.6. The van der Waals surface area contributed by atoms with Crippen molar-refractivity contribution >= 4 is 5.97 Å². The van der Waals surface area contributed by atoms with Gasteiger partial charge in [0.25, 0.3) is 0 Å². The molecule has 2 atom stereocenters. The quantitative estimate of drug-likeness (QED) is 0.457. The molecule has 0 spiro atoms. The summed E-state index contributed by atoms with van der Waals surface area (Å²) in [6, 6.07) is 26.5. The molecule has 0 bridgehead atoms. The molecule has 3 aromatic rings. The first-order chi connectivity index (χ1) is 15.6. The van der Waals surface area contributed by atoms with Crippen molar-refractivity contribution in [3.63, 3.8) is 0 Å². The molecule has 3 aromatic carbocycles. The van der Waals surface area contributed by atoms with E-state index in [1.54, 1.807) is 0 Å². The summed E-state index contributed by atoms with van der Waals surface area (Å²) < 4.78 is 10.9. The van der Waals surface area contributed by atoms with Gasteiger partial charge in [0, 0.05) is 5.92 Å². The number of methoxy groups -OCH3 is 1. The van der Waals surface area contributed by atoms with Gasteiger partial charge in [0.05, 0.1) is 13.0 Å². The van der Waals surface area contributed by atoms with E-state index in [9.17, 15) is 4.79 Å². The lowest BCUT2D eigenvalue weighted by atomic mass is 9.69. The highest BCUT2D eigenvalue weighted by Crippen LogP contribution is 2.46. The number of hydrogen-bond donors (Lipinski definition) is 0. The third-order valence-corrected chi connectivity index (χ3v) is 7.16. The van der Waals surface area contributed by atoms with E-state index in [2.05, 4.69) is 79.7 Å². The maximum absolute atomic E-state index is 11.6. The third kappa shape index (κ3) is 4.04. The first-order valence-corrected chi connectivity index (χ1v) is 11.6. The molecule has 164 valence electrons. The number of ether oxygens (including phenoxy) is 2. The number of carbonyl (C=O) groups is 1. The van der Waals surface area contributed by atoms with E-state index in [0.717, 1.165) is 31.4 Å². The fourth-order valence-corrected chi connectivity index (χ4v) is 5.39. The van der Waals surface area contributed by atoms with E-state index >= 15 is 0 Å². The normalized spacial score (nSPS) is 24.2. The Morgan fingerprint density at radius 3 is 2.38 bits per heavy atom. The van der Waals surface area contributed by atoms with Crippen molar-refractivity contribution in [3.8, 4) is 5.75 Å². The molecule has 0 unspecified atom stereocenters. The van der Waals surface area contributed by atoms with Crippen molar-refractivity contribution < 1.29 is 14.3 Å². The molecule has 5 rings (SSSR count). The van der Waals surface area contributed by atoms with Gasteiger partial charge in [-0.15, -0.1) is 0 Å². The largest absolute Gasteiger partial charge is 0.490 e. The highest BCUT2D eigenvalue weighted by molar-refractivity contribution is 5.73. The van der Waals surface area contributed by atoms with E-state index in [1.807, 2.05) is 0 Å². The molecule has 0 radical (unpaired) electrons. The molecule has 2 aliphatic rings. The SMILES string of the molecule is COC(=O)C1CC(Oc2ccc([C@@H]3c4ccc(C)cc4CC[C@@H]3c3ccccc3)cc2)C1. The summed E-state index contributed by atoms with van der Waals surface area (Å²) in [5, 5.41) is 0. The zero-order valence-corrected chi connectivity index (χ0v) is 18.8. The van der Waals surface area contributed by atoms with Crippen LogP contribution in [0.25, 0.3) is 0 Å². The Labute approximate surface area is 190 Å². The van der Waals surface area contributed by atoms with Crippen LogP contribution in [0.5, 0.6) is 5.75 Å². The molecule has 1 fully saturated rings. The van der Waals surface area contributed by atoms with Crippen LogP contribution < -0.4 is 4.74 Å². The lowest BCUT2D eigenvalue weighted by Gasteiger charge is -2.35. The van der Waals surface area contributed by atoms with Crippen LogP contribution in [-0.4, -0.2) is 19.2 Å². The molecular formula is C29H30O3. The van der Waals surface area contributed by atoms with Gasteiger partial charge in [-0.25, -0.2) is 0 Å². The second kappa shape index (κ2) is 8.82. The Hall–Kier alpha value is -3.07. The summed E-state index contributed by atoms with van der Waals surface area (Å²) in [6.07, 6.45) is 3.85. The molecular weight excluding hydrogens is 396 g/mol. The van der Waals surface area contributed by atoms with Crippen molar-refractivity contribution in [2.45, 2.75) is 50.5 Å². The molecule has 1 saturated carbocycles. The summed E-state index contributed by atoms with van der Waals surface area (Å²) >= 11 is 0. The van der Waals surface area contributed by atoms with E-state index in [0.29, 0.717) is 11.8 Å². The van der Waals surface area contributed by atoms with Crippen LogP contribution in [0.1, 0.15) is 58.9 Å². The number of aryl methyl sites for hydroxylation is 2. The Kier molecular flexibility index (Phi) is 5.73. The van der Waals surface area contributed by atoms with Crippen molar-refractivity contribution in [2.24, 2.45) is 5.92 Å². The molecule has 0 aliphatic heterocycles. The first kappa shape index (κ1) is 20.8. The number of fused-ring (bicyclic) bond motifs is 1. The average Bonchev–Trinajstić information content (AvgIpc) is 2.81. The Bertz CT molecular complexity index is 1080. The smallest absolute Gasteiger partial charge is 0.308 e. The van der Waals surface area contributed by atoms with Crippen LogP contribution in [0, 0.1) is 12.8 Å². The zero-order valence-electron chi connectivity index (χ0n) is 18.8. The molecule has 0 heterocycles. The highest BCUT2D eigenvalue weighted by atomic mass is 16.5. The van der Waals surface area contributed by atoms with Gasteiger partial charge in [0.15, 0.2) is 0 Å². The lowest BCUT2D eigenvalue weighted by Crippen LogP contribution is -2.38. The minimum atomic E-state index is -0.127. The molecule has 0 aromatic heterocycles. The second-order valence-corrected chi connectivity index (χ2v) is 9.24. The Morgan fingerprint density at radius 2 is 1.66 bits per heavy atom. The number of rotatable bonds is 5. The highest BCUT2D eigenvalue weighted by Gasteiger charge is 2.37. The van der Waals surface area contributed by atoms with Gasteiger partial charge in [-0.2, -0.15) is 0 Å². The fourth-order valence-electron chi connectivity index (χ4n) is 5.39. The summed E-state index contributed by atoms with van der Waals surface area (Å²) in [5.74, 6) is 1.53. The van der Waals surface area contributed by atoms with Gasteiger partial charge in [-0.05, 0) is 72.9 Å². The van der Waals surface area contributed by atoms with E-state index in [-0.39, 0.29) is 18.0 Å². The summed E-state index contributed by atoms with van der Waals surface area (Å²) in [4.78, 5) is 11.6. The van der Waals surface area contributed by atoms with Crippen molar-refractivity contribution in [1.29, 1.82) is 0 Å². The summed E-state index contributed by atoms with van der Waals surface area (Å²) in [7, 11) is 1.45. The van der Waals surface area contributed by atoms with Gasteiger partial charge >= 0.3 is 5.97 Å². The topological polar surface area (TPSA) is 35.5 Å². The molecule has 0 saturated heterocycles. The maximum Gasteiger partial charge on any atom is 0.308 e. The summed E-state index contributed by atoms with van der Waals surface area (Å²) in [6.45, 7) is 2.18.